The van der Waals surface area contributed by atoms with E-state index in [0.717, 1.165) is 6.26 Å². The summed E-state index contributed by atoms with van der Waals surface area (Å²) in [5.41, 5.74) is 0.666. The molecule has 0 aliphatic rings. The summed E-state index contributed by atoms with van der Waals surface area (Å²) in [6.45, 7) is 0. The summed E-state index contributed by atoms with van der Waals surface area (Å²) in [5, 5.41) is 0.726. The summed E-state index contributed by atoms with van der Waals surface area (Å²) in [6, 6.07) is 11.8. The average molecular weight is 439 g/mol. The molecule has 0 fully saturated rings. The molecule has 1 N–H and O–H groups in total. The third-order valence-electron chi connectivity index (χ3n) is 3.89. The van der Waals surface area contributed by atoms with Gasteiger partial charge in [0.05, 0.1) is 16.8 Å². The predicted molar refractivity (Wildman–Crippen MR) is 105 cm³/mol. The normalized spacial score (nSPS) is 12.1. The quantitative estimate of drug-likeness (QED) is 0.654. The van der Waals surface area contributed by atoms with Crippen LogP contribution >= 0.6 is 11.6 Å². The van der Waals surface area contributed by atoms with E-state index in [0.29, 0.717) is 10.9 Å². The van der Waals surface area contributed by atoms with Crippen LogP contribution in [0.1, 0.15) is 5.56 Å². The molecule has 7 nitrogen and oxygen atoms in total. The van der Waals surface area contributed by atoms with Gasteiger partial charge in [0.15, 0.2) is 9.84 Å². The van der Waals surface area contributed by atoms with Crippen molar-refractivity contribution in [3.8, 4) is 0 Å². The Morgan fingerprint density at radius 2 is 1.75 bits per heavy atom. The number of aromatic nitrogens is 1. The number of pyridine rings is 1. The number of halogens is 1. The summed E-state index contributed by atoms with van der Waals surface area (Å²) in [5.74, 6) is -0.767. The molecule has 3 aromatic rings. The van der Waals surface area contributed by atoms with Gasteiger partial charge in [-0.3, -0.25) is 9.78 Å². The highest BCUT2D eigenvalue weighted by Gasteiger charge is 2.22. The number of carbonyl (C=O) groups excluding carboxylic acids is 1. The fraction of sp³-hybridized carbons (Fsp3) is 0.111. The summed E-state index contributed by atoms with van der Waals surface area (Å²) in [7, 11) is -7.56. The van der Waals surface area contributed by atoms with Gasteiger partial charge in [0.1, 0.15) is 4.90 Å². The van der Waals surface area contributed by atoms with E-state index < -0.39 is 25.8 Å². The van der Waals surface area contributed by atoms with Gasteiger partial charge in [0, 0.05) is 22.9 Å². The highest BCUT2D eigenvalue weighted by Crippen LogP contribution is 2.25. The fourth-order valence-electron chi connectivity index (χ4n) is 2.61. The largest absolute Gasteiger partial charge is 0.274 e. The van der Waals surface area contributed by atoms with Crippen LogP contribution in [0.25, 0.3) is 10.9 Å². The van der Waals surface area contributed by atoms with Crippen molar-refractivity contribution in [3.63, 3.8) is 0 Å². The fourth-order valence-corrected chi connectivity index (χ4v) is 4.72. The van der Waals surface area contributed by atoms with Crippen LogP contribution in [0.4, 0.5) is 0 Å². The maximum absolute atomic E-state index is 12.7. The van der Waals surface area contributed by atoms with Gasteiger partial charge >= 0.3 is 0 Å². The molecule has 0 aliphatic heterocycles. The number of carbonyl (C=O) groups is 1. The molecule has 1 amide bonds. The molecule has 0 saturated heterocycles. The van der Waals surface area contributed by atoms with E-state index in [2.05, 4.69) is 4.98 Å². The van der Waals surface area contributed by atoms with Gasteiger partial charge in [-0.1, -0.05) is 29.8 Å². The van der Waals surface area contributed by atoms with E-state index in [-0.39, 0.29) is 26.8 Å². The van der Waals surface area contributed by atoms with E-state index in [1.165, 1.54) is 36.5 Å². The lowest BCUT2D eigenvalue weighted by Crippen LogP contribution is -2.32. The SMILES string of the molecule is CS(=O)(=O)c1ccc(CC(=O)NS(=O)(=O)c2cc(Cl)cc3cccnc23)cc1. The lowest BCUT2D eigenvalue weighted by Gasteiger charge is -2.10. The van der Waals surface area contributed by atoms with Gasteiger partial charge in [0.25, 0.3) is 10.0 Å². The van der Waals surface area contributed by atoms with Crippen molar-refractivity contribution in [2.24, 2.45) is 0 Å². The zero-order chi connectivity index (χ0) is 20.5. The second kappa shape index (κ2) is 7.50. The summed E-state index contributed by atoms with van der Waals surface area (Å²) < 4.78 is 50.3. The maximum Gasteiger partial charge on any atom is 0.266 e. The van der Waals surface area contributed by atoms with Crippen LogP contribution in [0.15, 0.2) is 64.5 Å². The van der Waals surface area contributed by atoms with Crippen LogP contribution in [0, 0.1) is 0 Å². The second-order valence-corrected chi connectivity index (χ2v) is 10.2. The van der Waals surface area contributed by atoms with Crippen LogP contribution in [-0.2, 0) is 31.1 Å². The zero-order valence-electron chi connectivity index (χ0n) is 14.6. The number of benzene rings is 2. The molecule has 2 aromatic carbocycles. The van der Waals surface area contributed by atoms with E-state index in [1.807, 2.05) is 4.72 Å². The highest BCUT2D eigenvalue weighted by molar-refractivity contribution is 7.90. The molecule has 1 aromatic heterocycles. The maximum atomic E-state index is 12.7. The molecule has 10 heteroatoms. The minimum atomic E-state index is -4.20. The second-order valence-electron chi connectivity index (χ2n) is 6.10. The molecule has 0 unspecified atom stereocenters. The molecule has 0 bridgehead atoms. The lowest BCUT2D eigenvalue weighted by molar-refractivity contribution is -0.118. The van der Waals surface area contributed by atoms with E-state index in [1.54, 1.807) is 18.2 Å². The molecule has 28 heavy (non-hydrogen) atoms. The molecule has 3 rings (SSSR count). The van der Waals surface area contributed by atoms with Gasteiger partial charge in [-0.15, -0.1) is 0 Å². The molecule has 0 radical (unpaired) electrons. The Bertz CT molecular complexity index is 1270. The molecule has 0 spiro atoms. The minimum Gasteiger partial charge on any atom is -0.274 e. The number of sulfonamides is 1. The molecule has 0 atom stereocenters. The summed E-state index contributed by atoms with van der Waals surface area (Å²) in [6.07, 6.45) is 2.28. The van der Waals surface area contributed by atoms with Crippen molar-refractivity contribution < 1.29 is 21.6 Å². The number of sulfone groups is 1. The monoisotopic (exact) mass is 438 g/mol. The van der Waals surface area contributed by atoms with Crippen LogP contribution in [0.3, 0.4) is 0 Å². The Labute approximate surface area is 167 Å². The summed E-state index contributed by atoms with van der Waals surface area (Å²) >= 11 is 5.99. The standard InChI is InChI=1S/C18H15ClN2O5S2/c1-27(23,24)15-6-4-12(5-7-15)9-17(22)21-28(25,26)16-11-14(19)10-13-3-2-8-20-18(13)16/h2-8,10-11H,9H2,1H3,(H,21,22). The number of hydrogen-bond donors (Lipinski definition) is 1. The number of hydrogen-bond acceptors (Lipinski definition) is 6. The lowest BCUT2D eigenvalue weighted by atomic mass is 10.1. The smallest absolute Gasteiger partial charge is 0.266 e. The Hall–Kier alpha value is -2.49. The first-order valence-corrected chi connectivity index (χ1v) is 11.7. The molecular formula is C18H15ClN2O5S2. The topological polar surface area (TPSA) is 110 Å². The first kappa shape index (κ1) is 20.2. The highest BCUT2D eigenvalue weighted by atomic mass is 35.5. The van der Waals surface area contributed by atoms with E-state index in [4.69, 9.17) is 11.6 Å². The first-order valence-electron chi connectivity index (χ1n) is 7.95. The van der Waals surface area contributed by atoms with Crippen molar-refractivity contribution in [3.05, 3.63) is 65.3 Å². The Kier molecular flexibility index (Phi) is 5.42. The van der Waals surface area contributed by atoms with E-state index in [9.17, 15) is 21.6 Å². The van der Waals surface area contributed by atoms with Crippen LogP contribution in [0.2, 0.25) is 5.02 Å². The number of amides is 1. The average Bonchev–Trinajstić information content (AvgIpc) is 2.60. The van der Waals surface area contributed by atoms with Crippen molar-refractivity contribution in [1.82, 2.24) is 9.71 Å². The van der Waals surface area contributed by atoms with Crippen molar-refractivity contribution in [1.29, 1.82) is 0 Å². The van der Waals surface area contributed by atoms with Gasteiger partial charge in [0.2, 0.25) is 5.91 Å². The van der Waals surface area contributed by atoms with Gasteiger partial charge < -0.3 is 0 Å². The number of nitrogens with one attached hydrogen (secondary N) is 1. The predicted octanol–water partition coefficient (Wildman–Crippen LogP) is 2.34. The van der Waals surface area contributed by atoms with Gasteiger partial charge in [-0.2, -0.15) is 0 Å². The molecule has 146 valence electrons. The Balaban J connectivity index is 1.84. The molecule has 0 aliphatic carbocycles. The van der Waals surface area contributed by atoms with Crippen molar-refractivity contribution in [2.45, 2.75) is 16.2 Å². The Morgan fingerprint density at radius 1 is 1.07 bits per heavy atom. The number of nitrogens with zero attached hydrogens (tertiary/aromatic N) is 1. The molecular weight excluding hydrogens is 424 g/mol. The summed E-state index contributed by atoms with van der Waals surface area (Å²) in [4.78, 5) is 16.2. The third kappa shape index (κ3) is 4.49. The van der Waals surface area contributed by atoms with Crippen molar-refractivity contribution in [2.75, 3.05) is 6.26 Å². The first-order chi connectivity index (χ1) is 13.1. The van der Waals surface area contributed by atoms with Crippen LogP contribution in [0.5, 0.6) is 0 Å². The molecule has 0 saturated carbocycles. The van der Waals surface area contributed by atoms with Crippen molar-refractivity contribution >= 4 is 48.3 Å². The van der Waals surface area contributed by atoms with Gasteiger partial charge in [-0.05, 0) is 35.9 Å². The number of rotatable bonds is 5. The van der Waals surface area contributed by atoms with Crippen LogP contribution < -0.4 is 4.72 Å². The zero-order valence-corrected chi connectivity index (χ0v) is 17.0. The Morgan fingerprint density at radius 3 is 2.39 bits per heavy atom. The number of fused-ring (bicyclic) bond motifs is 1. The minimum absolute atomic E-state index is 0.112. The van der Waals surface area contributed by atoms with E-state index >= 15 is 0 Å². The molecule has 1 heterocycles. The third-order valence-corrected chi connectivity index (χ3v) is 6.62. The van der Waals surface area contributed by atoms with Gasteiger partial charge in [-0.25, -0.2) is 21.6 Å². The van der Waals surface area contributed by atoms with Crippen LogP contribution in [-0.4, -0.2) is 34.0 Å².